The number of ether oxygens (including phenoxy) is 2. The fourth-order valence-electron chi connectivity index (χ4n) is 2.11. The molecule has 1 saturated heterocycles. The van der Waals surface area contributed by atoms with Crippen LogP contribution < -0.4 is 10.5 Å². The van der Waals surface area contributed by atoms with Crippen molar-refractivity contribution in [2.45, 2.75) is 23.8 Å². The Balaban J connectivity index is 2.00. The summed E-state index contributed by atoms with van der Waals surface area (Å²) in [5.74, 6) is 1.65. The molecular weight excluding hydrogens is 260 g/mol. The normalized spacial score (nSPS) is 16.3. The van der Waals surface area contributed by atoms with Crippen molar-refractivity contribution in [2.75, 3.05) is 20.3 Å². The fourth-order valence-corrected chi connectivity index (χ4v) is 3.25. The van der Waals surface area contributed by atoms with Crippen LogP contribution in [-0.4, -0.2) is 31.4 Å². The van der Waals surface area contributed by atoms with Gasteiger partial charge in [-0.15, -0.1) is 0 Å². The van der Waals surface area contributed by atoms with Crippen molar-refractivity contribution in [3.8, 4) is 5.75 Å². The van der Waals surface area contributed by atoms with Crippen LogP contribution in [0.3, 0.4) is 0 Å². The van der Waals surface area contributed by atoms with Crippen molar-refractivity contribution in [1.29, 1.82) is 5.41 Å². The van der Waals surface area contributed by atoms with E-state index in [1.165, 1.54) is 5.56 Å². The smallest absolute Gasteiger partial charge is 0.129 e. The summed E-state index contributed by atoms with van der Waals surface area (Å²) in [6, 6.07) is 5.88. The zero-order valence-electron chi connectivity index (χ0n) is 11.1. The van der Waals surface area contributed by atoms with Crippen molar-refractivity contribution < 1.29 is 9.47 Å². The third-order valence-electron chi connectivity index (χ3n) is 3.21. The van der Waals surface area contributed by atoms with Crippen molar-refractivity contribution in [3.63, 3.8) is 0 Å². The monoisotopic (exact) mass is 280 g/mol. The molecule has 1 fully saturated rings. The van der Waals surface area contributed by atoms with E-state index in [2.05, 4.69) is 0 Å². The van der Waals surface area contributed by atoms with Crippen molar-refractivity contribution in [1.82, 2.24) is 0 Å². The Hall–Kier alpha value is -1.20. The second kappa shape index (κ2) is 6.82. The molecule has 1 heterocycles. The highest BCUT2D eigenvalue weighted by Crippen LogP contribution is 2.27. The second-order valence-electron chi connectivity index (χ2n) is 4.57. The van der Waals surface area contributed by atoms with Gasteiger partial charge in [-0.2, -0.15) is 11.8 Å². The molecule has 5 heteroatoms. The molecule has 0 aliphatic carbocycles. The maximum absolute atomic E-state index is 7.58. The lowest BCUT2D eigenvalue weighted by molar-refractivity contribution is 0.1000. The summed E-state index contributed by atoms with van der Waals surface area (Å²) in [4.78, 5) is 0. The number of nitrogens with one attached hydrogen (secondary N) is 1. The minimum absolute atomic E-state index is 0.0507. The Morgan fingerprint density at radius 2 is 2.21 bits per heavy atom. The van der Waals surface area contributed by atoms with E-state index >= 15 is 0 Å². The van der Waals surface area contributed by atoms with Gasteiger partial charge in [-0.05, 0) is 30.5 Å². The van der Waals surface area contributed by atoms with Crippen LogP contribution in [0.5, 0.6) is 5.75 Å². The third kappa shape index (κ3) is 3.88. The van der Waals surface area contributed by atoms with Gasteiger partial charge in [0.2, 0.25) is 0 Å². The van der Waals surface area contributed by atoms with E-state index in [9.17, 15) is 0 Å². The van der Waals surface area contributed by atoms with Gasteiger partial charge in [-0.1, -0.05) is 6.07 Å². The lowest BCUT2D eigenvalue weighted by atomic mass is 10.1. The van der Waals surface area contributed by atoms with Gasteiger partial charge in [0.25, 0.3) is 0 Å². The molecule has 0 atom stereocenters. The molecule has 1 aliphatic rings. The lowest BCUT2D eigenvalue weighted by Gasteiger charge is -2.21. The van der Waals surface area contributed by atoms with Gasteiger partial charge < -0.3 is 15.2 Å². The second-order valence-corrected chi connectivity index (χ2v) is 5.86. The first kappa shape index (κ1) is 14.2. The molecule has 0 radical (unpaired) electrons. The Morgan fingerprint density at radius 3 is 2.84 bits per heavy atom. The third-order valence-corrected chi connectivity index (χ3v) is 4.65. The summed E-state index contributed by atoms with van der Waals surface area (Å²) in [5.41, 5.74) is 7.43. The predicted molar refractivity (Wildman–Crippen MR) is 79.1 cm³/mol. The standard InChI is InChI=1S/C14H20N2O2S/c1-17-13-3-2-10(8-12(13)14(15)16)9-19-11-4-6-18-7-5-11/h2-3,8,11H,4-7,9H2,1H3,(H3,15,16). The molecule has 0 unspecified atom stereocenters. The van der Waals surface area contributed by atoms with Gasteiger partial charge in [0.05, 0.1) is 12.7 Å². The molecule has 0 bridgehead atoms. The quantitative estimate of drug-likeness (QED) is 0.642. The van der Waals surface area contributed by atoms with E-state index in [1.807, 2.05) is 30.0 Å². The number of nitrogens with two attached hydrogens (primary N) is 1. The minimum atomic E-state index is 0.0507. The Bertz CT molecular complexity index is 445. The van der Waals surface area contributed by atoms with E-state index in [-0.39, 0.29) is 5.84 Å². The summed E-state index contributed by atoms with van der Waals surface area (Å²) in [7, 11) is 1.60. The van der Waals surface area contributed by atoms with Crippen LogP contribution in [0.4, 0.5) is 0 Å². The number of methoxy groups -OCH3 is 1. The summed E-state index contributed by atoms with van der Waals surface area (Å²) < 4.78 is 10.6. The van der Waals surface area contributed by atoms with Crippen LogP contribution in [-0.2, 0) is 10.5 Å². The lowest BCUT2D eigenvalue weighted by Crippen LogP contribution is -2.17. The summed E-state index contributed by atoms with van der Waals surface area (Å²) in [5, 5.41) is 8.26. The number of nitrogen functional groups attached to an aromatic ring is 1. The van der Waals surface area contributed by atoms with Crippen molar-refractivity contribution in [3.05, 3.63) is 29.3 Å². The topological polar surface area (TPSA) is 68.3 Å². The van der Waals surface area contributed by atoms with E-state index in [4.69, 9.17) is 20.6 Å². The van der Waals surface area contributed by atoms with Crippen LogP contribution in [0.15, 0.2) is 18.2 Å². The van der Waals surface area contributed by atoms with E-state index in [0.717, 1.165) is 31.8 Å². The molecule has 1 aliphatic heterocycles. The Morgan fingerprint density at radius 1 is 1.47 bits per heavy atom. The summed E-state index contributed by atoms with van der Waals surface area (Å²) in [6.07, 6.45) is 2.25. The molecule has 0 spiro atoms. The average Bonchev–Trinajstić information content (AvgIpc) is 2.46. The highest BCUT2D eigenvalue weighted by atomic mass is 32.2. The van der Waals surface area contributed by atoms with Crippen molar-refractivity contribution >= 4 is 17.6 Å². The molecule has 104 valence electrons. The molecule has 19 heavy (non-hydrogen) atoms. The minimum Gasteiger partial charge on any atom is -0.496 e. The van der Waals surface area contributed by atoms with Gasteiger partial charge in [-0.25, -0.2) is 0 Å². The van der Waals surface area contributed by atoms with E-state index < -0.39 is 0 Å². The number of amidine groups is 1. The maximum atomic E-state index is 7.58. The Kier molecular flexibility index (Phi) is 5.10. The Labute approximate surface area is 118 Å². The molecule has 3 N–H and O–H groups in total. The summed E-state index contributed by atoms with van der Waals surface area (Å²) >= 11 is 1.95. The number of hydrogen-bond acceptors (Lipinski definition) is 4. The highest BCUT2D eigenvalue weighted by Gasteiger charge is 2.14. The molecule has 1 aromatic rings. The molecule has 0 aromatic heterocycles. The van der Waals surface area contributed by atoms with Crippen LogP contribution in [0.1, 0.15) is 24.0 Å². The molecule has 0 saturated carbocycles. The number of benzene rings is 1. The molecule has 2 rings (SSSR count). The van der Waals surface area contributed by atoms with Gasteiger partial charge >= 0.3 is 0 Å². The van der Waals surface area contributed by atoms with Gasteiger partial charge in [0.15, 0.2) is 0 Å². The van der Waals surface area contributed by atoms with Crippen LogP contribution >= 0.6 is 11.8 Å². The SMILES string of the molecule is COc1ccc(CSC2CCOCC2)cc1C(=N)N. The number of hydrogen-bond donors (Lipinski definition) is 2. The number of thioether (sulfide) groups is 1. The first-order chi connectivity index (χ1) is 9.20. The van der Waals surface area contributed by atoms with Crippen molar-refractivity contribution in [2.24, 2.45) is 5.73 Å². The first-order valence-electron chi connectivity index (χ1n) is 6.41. The van der Waals surface area contributed by atoms with E-state index in [1.54, 1.807) is 7.11 Å². The van der Waals surface area contributed by atoms with Crippen LogP contribution in [0, 0.1) is 5.41 Å². The average molecular weight is 280 g/mol. The first-order valence-corrected chi connectivity index (χ1v) is 7.46. The molecule has 1 aromatic carbocycles. The number of rotatable bonds is 5. The van der Waals surface area contributed by atoms with Crippen LogP contribution in [0.25, 0.3) is 0 Å². The molecular formula is C14H20N2O2S. The molecule has 0 amide bonds. The van der Waals surface area contributed by atoms with Crippen LogP contribution in [0.2, 0.25) is 0 Å². The fraction of sp³-hybridized carbons (Fsp3) is 0.500. The van der Waals surface area contributed by atoms with Gasteiger partial charge in [-0.3, -0.25) is 5.41 Å². The predicted octanol–water partition coefficient (Wildman–Crippen LogP) is 2.39. The van der Waals surface area contributed by atoms with Gasteiger partial charge in [0.1, 0.15) is 11.6 Å². The maximum Gasteiger partial charge on any atom is 0.129 e. The largest absolute Gasteiger partial charge is 0.496 e. The highest BCUT2D eigenvalue weighted by molar-refractivity contribution is 7.99. The van der Waals surface area contributed by atoms with Gasteiger partial charge in [0, 0.05) is 24.2 Å². The zero-order chi connectivity index (χ0) is 13.7. The summed E-state index contributed by atoms with van der Waals surface area (Å²) in [6.45, 7) is 1.75. The zero-order valence-corrected chi connectivity index (χ0v) is 12.0. The van der Waals surface area contributed by atoms with E-state index in [0.29, 0.717) is 16.6 Å². The molecule has 4 nitrogen and oxygen atoms in total.